The molecule has 0 bridgehead atoms. The monoisotopic (exact) mass is 480 g/mol. The first-order valence-corrected chi connectivity index (χ1v) is 11.1. The Balaban J connectivity index is 1.70. The van der Waals surface area contributed by atoms with E-state index in [0.717, 1.165) is 22.5 Å². The molecule has 0 aliphatic carbocycles. The number of hydrogen-bond acceptors (Lipinski definition) is 3. The fraction of sp³-hybridized carbons (Fsp3) is 0.316. The number of benzene rings is 2. The van der Waals surface area contributed by atoms with Crippen LogP contribution >= 0.6 is 23.2 Å². The van der Waals surface area contributed by atoms with Gasteiger partial charge >= 0.3 is 6.18 Å². The van der Waals surface area contributed by atoms with Gasteiger partial charge in [-0.25, -0.2) is 8.42 Å². The fourth-order valence-corrected chi connectivity index (χ4v) is 5.39. The molecule has 162 valence electrons. The zero-order valence-electron chi connectivity index (χ0n) is 15.4. The van der Waals surface area contributed by atoms with Gasteiger partial charge in [0.15, 0.2) is 0 Å². The predicted octanol–water partition coefficient (Wildman–Crippen LogP) is 5.05. The molecule has 30 heavy (non-hydrogen) atoms. The Labute approximate surface area is 181 Å². The molecule has 0 spiro atoms. The number of halogens is 5. The summed E-state index contributed by atoms with van der Waals surface area (Å²) in [4.78, 5) is 11.7. The van der Waals surface area contributed by atoms with Gasteiger partial charge in [-0.1, -0.05) is 35.3 Å². The largest absolute Gasteiger partial charge is 0.417 e. The number of sulfonamides is 1. The van der Waals surface area contributed by atoms with Gasteiger partial charge in [-0.15, -0.1) is 0 Å². The Kier molecular flexibility index (Phi) is 6.66. The summed E-state index contributed by atoms with van der Waals surface area (Å²) in [6.07, 6.45) is -4.45. The molecule has 0 saturated carbocycles. The molecule has 0 unspecified atom stereocenters. The van der Waals surface area contributed by atoms with Crippen LogP contribution in [0.5, 0.6) is 0 Å². The normalized spacial score (nSPS) is 16.4. The van der Waals surface area contributed by atoms with Crippen LogP contribution in [0.4, 0.5) is 18.9 Å². The highest BCUT2D eigenvalue weighted by atomic mass is 35.5. The number of carbonyl (C=O) groups is 1. The summed E-state index contributed by atoms with van der Waals surface area (Å²) < 4.78 is 66.2. The average molecular weight is 481 g/mol. The lowest BCUT2D eigenvalue weighted by Crippen LogP contribution is -2.41. The summed E-state index contributed by atoms with van der Waals surface area (Å²) in [5.74, 6) is -0.840. The van der Waals surface area contributed by atoms with Crippen molar-refractivity contribution >= 4 is 44.8 Å². The molecular weight excluding hydrogens is 464 g/mol. The minimum absolute atomic E-state index is 0.0685. The van der Waals surface area contributed by atoms with Crippen molar-refractivity contribution in [3.63, 3.8) is 0 Å². The zero-order chi connectivity index (χ0) is 22.1. The van der Waals surface area contributed by atoms with E-state index in [1.54, 1.807) is 12.1 Å². The summed E-state index contributed by atoms with van der Waals surface area (Å²) in [5.41, 5.74) is -0.831. The molecule has 1 saturated heterocycles. The first-order chi connectivity index (χ1) is 14.0. The minimum Gasteiger partial charge on any atom is -0.325 e. The van der Waals surface area contributed by atoms with Gasteiger partial charge in [0.05, 0.1) is 21.2 Å². The maximum atomic E-state index is 13.2. The maximum Gasteiger partial charge on any atom is 0.417 e. The van der Waals surface area contributed by atoms with Crippen molar-refractivity contribution in [1.29, 1.82) is 0 Å². The van der Waals surface area contributed by atoms with E-state index < -0.39 is 32.6 Å². The molecule has 1 heterocycles. The second-order valence-corrected chi connectivity index (χ2v) is 9.54. The van der Waals surface area contributed by atoms with Crippen LogP contribution in [-0.4, -0.2) is 31.7 Å². The van der Waals surface area contributed by atoms with E-state index in [1.807, 2.05) is 0 Å². The van der Waals surface area contributed by atoms with Crippen molar-refractivity contribution in [2.24, 2.45) is 5.92 Å². The molecule has 0 radical (unpaired) electrons. The highest BCUT2D eigenvalue weighted by molar-refractivity contribution is 7.89. The molecule has 0 aromatic heterocycles. The van der Waals surface area contributed by atoms with Gasteiger partial charge in [-0.2, -0.15) is 17.5 Å². The van der Waals surface area contributed by atoms with Gasteiger partial charge in [0.1, 0.15) is 0 Å². The maximum absolute atomic E-state index is 13.2. The summed E-state index contributed by atoms with van der Waals surface area (Å²) in [5, 5.41) is 3.35. The molecular formula is C19H17Cl2F3N2O3S. The van der Waals surface area contributed by atoms with Gasteiger partial charge < -0.3 is 5.32 Å². The Morgan fingerprint density at radius 3 is 2.30 bits per heavy atom. The second-order valence-electron chi connectivity index (χ2n) is 6.79. The SMILES string of the molecule is O=C(Nc1ccc(Cl)cc1Cl)C1CCN(S(=O)(=O)c2ccccc2C(F)(F)F)CC1. The average Bonchev–Trinajstić information content (AvgIpc) is 2.69. The molecule has 0 atom stereocenters. The van der Waals surface area contributed by atoms with Crippen LogP contribution in [0.15, 0.2) is 47.4 Å². The number of anilines is 1. The van der Waals surface area contributed by atoms with Crippen LogP contribution in [0.2, 0.25) is 10.0 Å². The van der Waals surface area contributed by atoms with Crippen LogP contribution in [-0.2, 0) is 21.0 Å². The first kappa shape index (κ1) is 22.9. The minimum atomic E-state index is -4.79. The summed E-state index contributed by atoms with van der Waals surface area (Å²) in [6.45, 7) is -0.137. The number of nitrogens with zero attached hydrogens (tertiary/aromatic N) is 1. The number of nitrogens with one attached hydrogen (secondary N) is 1. The van der Waals surface area contributed by atoms with E-state index in [9.17, 15) is 26.4 Å². The number of amides is 1. The fourth-order valence-electron chi connectivity index (χ4n) is 3.25. The molecule has 2 aromatic rings. The molecule has 11 heteroatoms. The highest BCUT2D eigenvalue weighted by Gasteiger charge is 2.40. The van der Waals surface area contributed by atoms with Crippen LogP contribution in [0.25, 0.3) is 0 Å². The summed E-state index contributed by atoms with van der Waals surface area (Å²) in [6, 6.07) is 8.67. The van der Waals surface area contributed by atoms with Crippen LogP contribution in [0.1, 0.15) is 18.4 Å². The van der Waals surface area contributed by atoms with Crippen LogP contribution < -0.4 is 5.32 Å². The third-order valence-corrected chi connectivity index (χ3v) is 7.33. The van der Waals surface area contributed by atoms with Gasteiger partial charge in [0.2, 0.25) is 15.9 Å². The van der Waals surface area contributed by atoms with Crippen molar-refractivity contribution < 1.29 is 26.4 Å². The molecule has 1 aliphatic heterocycles. The van der Waals surface area contributed by atoms with Gasteiger partial charge in [-0.3, -0.25) is 4.79 Å². The quantitative estimate of drug-likeness (QED) is 0.665. The number of piperidine rings is 1. The number of hydrogen-bond donors (Lipinski definition) is 1. The van der Waals surface area contributed by atoms with Crippen LogP contribution in [0, 0.1) is 5.92 Å². The second kappa shape index (κ2) is 8.74. The molecule has 3 rings (SSSR count). The third kappa shape index (κ3) is 4.91. The van der Waals surface area contributed by atoms with E-state index in [1.165, 1.54) is 12.1 Å². The van der Waals surface area contributed by atoms with Crippen molar-refractivity contribution in [2.45, 2.75) is 23.9 Å². The predicted molar refractivity (Wildman–Crippen MR) is 108 cm³/mol. The molecule has 2 aromatic carbocycles. The van der Waals surface area contributed by atoms with Crippen molar-refractivity contribution in [3.8, 4) is 0 Å². The van der Waals surface area contributed by atoms with E-state index in [4.69, 9.17) is 23.2 Å². The summed E-state index contributed by atoms with van der Waals surface area (Å²) >= 11 is 11.9. The van der Waals surface area contributed by atoms with E-state index >= 15 is 0 Å². The standard InChI is InChI=1S/C19H17Cl2F3N2O3S/c20-13-5-6-16(15(21)11-13)25-18(27)12-7-9-26(10-8-12)30(28,29)17-4-2-1-3-14(17)19(22,23)24/h1-6,11-12H,7-10H2,(H,25,27). The van der Waals surface area contributed by atoms with Crippen molar-refractivity contribution in [1.82, 2.24) is 4.31 Å². The molecule has 1 aliphatic rings. The van der Waals surface area contributed by atoms with Gasteiger partial charge in [0, 0.05) is 24.0 Å². The van der Waals surface area contributed by atoms with Crippen LogP contribution in [0.3, 0.4) is 0 Å². The Morgan fingerprint density at radius 1 is 1.07 bits per heavy atom. The molecule has 1 N–H and O–H groups in total. The number of rotatable bonds is 4. The molecule has 1 amide bonds. The first-order valence-electron chi connectivity index (χ1n) is 8.92. The Morgan fingerprint density at radius 2 is 1.70 bits per heavy atom. The lowest BCUT2D eigenvalue weighted by molar-refractivity contribution is -0.139. The number of alkyl halides is 3. The number of carbonyl (C=O) groups excluding carboxylic acids is 1. The van der Waals surface area contributed by atoms with Gasteiger partial charge in [0.25, 0.3) is 0 Å². The molecule has 5 nitrogen and oxygen atoms in total. The topological polar surface area (TPSA) is 66.5 Å². The highest BCUT2D eigenvalue weighted by Crippen LogP contribution is 2.36. The van der Waals surface area contributed by atoms with Gasteiger partial charge in [-0.05, 0) is 43.2 Å². The Hall–Kier alpha value is -1.81. The lowest BCUT2D eigenvalue weighted by atomic mass is 9.97. The summed E-state index contributed by atoms with van der Waals surface area (Å²) in [7, 11) is -4.35. The zero-order valence-corrected chi connectivity index (χ0v) is 17.7. The molecule has 1 fully saturated rings. The van der Waals surface area contributed by atoms with E-state index in [2.05, 4.69) is 5.32 Å². The lowest BCUT2D eigenvalue weighted by Gasteiger charge is -2.31. The Bertz CT molecular complexity index is 1050. The smallest absolute Gasteiger partial charge is 0.325 e. The van der Waals surface area contributed by atoms with Crippen molar-refractivity contribution in [3.05, 3.63) is 58.1 Å². The van der Waals surface area contributed by atoms with E-state index in [0.29, 0.717) is 10.7 Å². The third-order valence-electron chi connectivity index (χ3n) is 4.82. The van der Waals surface area contributed by atoms with Crippen molar-refractivity contribution in [2.75, 3.05) is 18.4 Å². The van der Waals surface area contributed by atoms with E-state index in [-0.39, 0.29) is 36.9 Å².